The zero-order valence-corrected chi connectivity index (χ0v) is 12.0. The molecule has 1 aromatic carbocycles. The largest absolute Gasteiger partial charge is 0.494 e. The second-order valence-corrected chi connectivity index (χ2v) is 4.40. The highest BCUT2D eigenvalue weighted by Crippen LogP contribution is 2.29. The fraction of sp³-hybridized carbons (Fsp3) is 0.267. The Labute approximate surface area is 121 Å². The summed E-state index contributed by atoms with van der Waals surface area (Å²) in [5, 5.41) is 3.14. The van der Waals surface area contributed by atoms with Gasteiger partial charge in [0.2, 0.25) is 5.76 Å². The van der Waals surface area contributed by atoms with Crippen LogP contribution in [0.3, 0.4) is 0 Å². The first-order valence-corrected chi connectivity index (χ1v) is 6.33. The molecule has 2 aromatic rings. The van der Waals surface area contributed by atoms with Crippen LogP contribution >= 0.6 is 0 Å². The van der Waals surface area contributed by atoms with Gasteiger partial charge in [-0.3, -0.25) is 0 Å². The minimum absolute atomic E-state index is 0.132. The SMILES string of the molecule is COC(=O)c1ccc(C(C)Nc2ccc(F)cc2OC)o1. The monoisotopic (exact) mass is 293 g/mol. The van der Waals surface area contributed by atoms with Crippen LogP contribution in [0.5, 0.6) is 5.75 Å². The number of carbonyl (C=O) groups is 1. The van der Waals surface area contributed by atoms with E-state index in [4.69, 9.17) is 9.15 Å². The standard InChI is InChI=1S/C15H16FNO4/c1-9(12-6-7-13(21-12)15(18)20-3)17-11-5-4-10(16)8-14(11)19-2/h4-9,17H,1-3H3. The second-order valence-electron chi connectivity index (χ2n) is 4.40. The van der Waals surface area contributed by atoms with Crippen LogP contribution in [0.2, 0.25) is 0 Å². The number of halogens is 1. The van der Waals surface area contributed by atoms with E-state index in [1.807, 2.05) is 6.92 Å². The molecule has 6 heteroatoms. The molecule has 0 radical (unpaired) electrons. The predicted octanol–water partition coefficient (Wildman–Crippen LogP) is 3.39. The van der Waals surface area contributed by atoms with Crippen molar-refractivity contribution in [3.05, 3.63) is 47.7 Å². The van der Waals surface area contributed by atoms with Crippen LogP contribution in [0.15, 0.2) is 34.7 Å². The Balaban J connectivity index is 2.16. The lowest BCUT2D eigenvalue weighted by Gasteiger charge is -2.15. The molecule has 1 aromatic heterocycles. The van der Waals surface area contributed by atoms with Gasteiger partial charge in [-0.2, -0.15) is 0 Å². The number of furan rings is 1. The van der Waals surface area contributed by atoms with Gasteiger partial charge in [0.15, 0.2) is 0 Å². The maximum atomic E-state index is 13.1. The molecule has 1 unspecified atom stereocenters. The molecule has 21 heavy (non-hydrogen) atoms. The lowest BCUT2D eigenvalue weighted by Crippen LogP contribution is -2.07. The van der Waals surface area contributed by atoms with Crippen molar-refractivity contribution in [1.82, 2.24) is 0 Å². The van der Waals surface area contributed by atoms with Crippen molar-refractivity contribution in [2.75, 3.05) is 19.5 Å². The van der Waals surface area contributed by atoms with Gasteiger partial charge in [-0.25, -0.2) is 9.18 Å². The van der Waals surface area contributed by atoms with E-state index in [1.165, 1.54) is 26.4 Å². The molecule has 2 rings (SSSR count). The van der Waals surface area contributed by atoms with Gasteiger partial charge in [0.25, 0.3) is 0 Å². The molecule has 0 aliphatic rings. The number of esters is 1. The van der Waals surface area contributed by atoms with E-state index in [2.05, 4.69) is 10.1 Å². The molecule has 0 fully saturated rings. The van der Waals surface area contributed by atoms with Crippen LogP contribution in [0.4, 0.5) is 10.1 Å². The number of anilines is 1. The Bertz CT molecular complexity index is 638. The van der Waals surface area contributed by atoms with Crippen LogP contribution in [-0.2, 0) is 4.74 Å². The van der Waals surface area contributed by atoms with E-state index in [1.54, 1.807) is 18.2 Å². The van der Waals surface area contributed by atoms with Gasteiger partial charge >= 0.3 is 5.97 Å². The van der Waals surface area contributed by atoms with Crippen molar-refractivity contribution in [3.8, 4) is 5.75 Å². The highest BCUT2D eigenvalue weighted by molar-refractivity contribution is 5.86. The molecule has 0 aliphatic carbocycles. The third-order valence-electron chi connectivity index (χ3n) is 2.98. The molecule has 0 spiro atoms. The van der Waals surface area contributed by atoms with Crippen LogP contribution < -0.4 is 10.1 Å². The molecule has 5 nitrogen and oxygen atoms in total. The lowest BCUT2D eigenvalue weighted by atomic mass is 10.2. The van der Waals surface area contributed by atoms with Gasteiger partial charge in [-0.15, -0.1) is 0 Å². The highest BCUT2D eigenvalue weighted by Gasteiger charge is 2.16. The number of benzene rings is 1. The Morgan fingerprint density at radius 2 is 2.05 bits per heavy atom. The maximum Gasteiger partial charge on any atom is 0.373 e. The van der Waals surface area contributed by atoms with Gasteiger partial charge in [0, 0.05) is 6.07 Å². The van der Waals surface area contributed by atoms with Crippen molar-refractivity contribution in [2.24, 2.45) is 0 Å². The number of carbonyl (C=O) groups excluding carboxylic acids is 1. The van der Waals surface area contributed by atoms with Crippen LogP contribution in [-0.4, -0.2) is 20.2 Å². The summed E-state index contributed by atoms with van der Waals surface area (Å²) in [6.45, 7) is 1.85. The summed E-state index contributed by atoms with van der Waals surface area (Å²) >= 11 is 0. The van der Waals surface area contributed by atoms with Gasteiger partial charge in [-0.05, 0) is 31.2 Å². The second kappa shape index (κ2) is 6.30. The van der Waals surface area contributed by atoms with Crippen LogP contribution in [0.25, 0.3) is 0 Å². The summed E-state index contributed by atoms with van der Waals surface area (Å²) in [7, 11) is 2.75. The fourth-order valence-corrected chi connectivity index (χ4v) is 1.88. The van der Waals surface area contributed by atoms with E-state index in [0.29, 0.717) is 17.2 Å². The van der Waals surface area contributed by atoms with Crippen molar-refractivity contribution < 1.29 is 23.1 Å². The maximum absolute atomic E-state index is 13.1. The third-order valence-corrected chi connectivity index (χ3v) is 2.98. The van der Waals surface area contributed by atoms with E-state index in [0.717, 1.165) is 0 Å². The van der Waals surface area contributed by atoms with Crippen molar-refractivity contribution in [2.45, 2.75) is 13.0 Å². The quantitative estimate of drug-likeness (QED) is 0.856. The Hall–Kier alpha value is -2.50. The molecule has 0 saturated heterocycles. The first-order chi connectivity index (χ1) is 10.0. The smallest absolute Gasteiger partial charge is 0.373 e. The molecule has 112 valence electrons. The molecule has 1 atom stereocenters. The Morgan fingerprint density at radius 1 is 1.29 bits per heavy atom. The Kier molecular flexibility index (Phi) is 4.47. The zero-order chi connectivity index (χ0) is 15.4. The molecular weight excluding hydrogens is 277 g/mol. The van der Waals surface area contributed by atoms with Gasteiger partial charge in [0.1, 0.15) is 17.3 Å². The van der Waals surface area contributed by atoms with Crippen LogP contribution in [0.1, 0.15) is 29.3 Å². The first-order valence-electron chi connectivity index (χ1n) is 6.33. The van der Waals surface area contributed by atoms with Crippen molar-refractivity contribution in [1.29, 1.82) is 0 Å². The molecule has 1 N–H and O–H groups in total. The predicted molar refractivity (Wildman–Crippen MR) is 75.0 cm³/mol. The summed E-state index contributed by atoms with van der Waals surface area (Å²) in [5.41, 5.74) is 0.627. The summed E-state index contributed by atoms with van der Waals surface area (Å²) in [6.07, 6.45) is 0. The van der Waals surface area contributed by atoms with Crippen molar-refractivity contribution >= 4 is 11.7 Å². The van der Waals surface area contributed by atoms with E-state index < -0.39 is 5.97 Å². The van der Waals surface area contributed by atoms with Crippen molar-refractivity contribution in [3.63, 3.8) is 0 Å². The van der Waals surface area contributed by atoms with Gasteiger partial charge in [0.05, 0.1) is 25.9 Å². The topological polar surface area (TPSA) is 60.7 Å². The summed E-state index contributed by atoms with van der Waals surface area (Å²) in [6, 6.07) is 7.19. The molecule has 0 saturated carbocycles. The average Bonchev–Trinajstić information content (AvgIpc) is 2.98. The van der Waals surface area contributed by atoms with E-state index >= 15 is 0 Å². The number of rotatable bonds is 5. The third kappa shape index (κ3) is 3.34. The first kappa shape index (κ1) is 14.9. The molecule has 0 amide bonds. The number of nitrogens with one attached hydrogen (secondary N) is 1. The fourth-order valence-electron chi connectivity index (χ4n) is 1.88. The zero-order valence-electron chi connectivity index (χ0n) is 12.0. The van der Waals surface area contributed by atoms with Gasteiger partial charge < -0.3 is 19.2 Å². The van der Waals surface area contributed by atoms with Gasteiger partial charge in [-0.1, -0.05) is 0 Å². The molecule has 0 bridgehead atoms. The Morgan fingerprint density at radius 3 is 2.71 bits per heavy atom. The number of ether oxygens (including phenoxy) is 2. The summed E-state index contributed by atoms with van der Waals surface area (Å²) in [4.78, 5) is 11.3. The minimum Gasteiger partial charge on any atom is -0.494 e. The highest BCUT2D eigenvalue weighted by atomic mass is 19.1. The molecular formula is C15H16FNO4. The average molecular weight is 293 g/mol. The minimum atomic E-state index is -0.534. The molecule has 1 heterocycles. The summed E-state index contributed by atoms with van der Waals surface area (Å²) < 4.78 is 28.3. The van der Waals surface area contributed by atoms with E-state index in [9.17, 15) is 9.18 Å². The van der Waals surface area contributed by atoms with Crippen LogP contribution in [0, 0.1) is 5.82 Å². The number of hydrogen-bond donors (Lipinski definition) is 1. The number of hydrogen-bond acceptors (Lipinski definition) is 5. The van der Waals surface area contributed by atoms with E-state index in [-0.39, 0.29) is 17.6 Å². The number of methoxy groups -OCH3 is 2. The normalized spacial score (nSPS) is 11.8. The summed E-state index contributed by atoms with van der Waals surface area (Å²) in [5.74, 6) is 0.166. The lowest BCUT2D eigenvalue weighted by molar-refractivity contribution is 0.0562. The molecule has 0 aliphatic heterocycles.